The SMILES string of the molecule is COCCNC(=O)C(c1ccc(Cl)cc1)N(C(=O)Cn1nnc2ccccc21)c1ccccc1. The Hall–Kier alpha value is -3.75. The minimum atomic E-state index is -0.932. The molecule has 0 spiro atoms. The lowest BCUT2D eigenvalue weighted by molar-refractivity contribution is -0.127. The van der Waals surface area contributed by atoms with Crippen LogP contribution >= 0.6 is 11.6 Å². The van der Waals surface area contributed by atoms with Crippen molar-refractivity contribution in [2.75, 3.05) is 25.2 Å². The van der Waals surface area contributed by atoms with Crippen LogP contribution in [0.2, 0.25) is 5.02 Å². The molecular formula is C25H24ClN5O3. The third-order valence-corrected chi connectivity index (χ3v) is 5.56. The molecule has 34 heavy (non-hydrogen) atoms. The van der Waals surface area contributed by atoms with Gasteiger partial charge in [-0.15, -0.1) is 5.10 Å². The van der Waals surface area contributed by atoms with E-state index in [0.29, 0.717) is 34.9 Å². The van der Waals surface area contributed by atoms with Gasteiger partial charge in [-0.2, -0.15) is 0 Å². The number of nitrogens with one attached hydrogen (secondary N) is 1. The topological polar surface area (TPSA) is 89.4 Å². The van der Waals surface area contributed by atoms with Crippen molar-refractivity contribution in [3.63, 3.8) is 0 Å². The van der Waals surface area contributed by atoms with Crippen molar-refractivity contribution in [3.05, 3.63) is 89.4 Å². The molecule has 0 saturated carbocycles. The number of benzene rings is 3. The molecule has 1 N–H and O–H groups in total. The van der Waals surface area contributed by atoms with Crippen molar-refractivity contribution in [1.82, 2.24) is 20.3 Å². The van der Waals surface area contributed by atoms with Crippen molar-refractivity contribution in [1.29, 1.82) is 0 Å². The summed E-state index contributed by atoms with van der Waals surface area (Å²) in [7, 11) is 1.56. The van der Waals surface area contributed by atoms with E-state index in [1.54, 1.807) is 43.5 Å². The summed E-state index contributed by atoms with van der Waals surface area (Å²) in [6, 6.07) is 22.5. The summed E-state index contributed by atoms with van der Waals surface area (Å²) in [5, 5.41) is 11.7. The molecule has 0 aliphatic carbocycles. The van der Waals surface area contributed by atoms with E-state index >= 15 is 0 Å². The van der Waals surface area contributed by atoms with E-state index in [4.69, 9.17) is 16.3 Å². The average Bonchev–Trinajstić information content (AvgIpc) is 3.26. The van der Waals surface area contributed by atoms with Crippen molar-refractivity contribution < 1.29 is 14.3 Å². The highest BCUT2D eigenvalue weighted by atomic mass is 35.5. The van der Waals surface area contributed by atoms with Crippen molar-refractivity contribution in [2.45, 2.75) is 12.6 Å². The summed E-state index contributed by atoms with van der Waals surface area (Å²) < 4.78 is 6.60. The van der Waals surface area contributed by atoms with Crippen LogP contribution in [0.4, 0.5) is 5.69 Å². The summed E-state index contributed by atoms with van der Waals surface area (Å²) >= 11 is 6.09. The maximum Gasteiger partial charge on any atom is 0.249 e. The van der Waals surface area contributed by atoms with Crippen LogP contribution in [0.15, 0.2) is 78.9 Å². The Balaban J connectivity index is 1.75. The van der Waals surface area contributed by atoms with E-state index in [1.165, 1.54) is 9.58 Å². The second-order valence-electron chi connectivity index (χ2n) is 7.57. The smallest absolute Gasteiger partial charge is 0.249 e. The van der Waals surface area contributed by atoms with Crippen LogP contribution in [0.25, 0.3) is 11.0 Å². The van der Waals surface area contributed by atoms with Gasteiger partial charge in [0.15, 0.2) is 0 Å². The Kier molecular flexibility index (Phi) is 7.51. The number of aromatic nitrogens is 3. The summed E-state index contributed by atoms with van der Waals surface area (Å²) in [6.07, 6.45) is 0. The monoisotopic (exact) mass is 477 g/mol. The maximum atomic E-state index is 13.8. The average molecular weight is 478 g/mol. The van der Waals surface area contributed by atoms with Crippen LogP contribution in [0.1, 0.15) is 11.6 Å². The van der Waals surface area contributed by atoms with Crippen LogP contribution in [-0.4, -0.2) is 47.1 Å². The van der Waals surface area contributed by atoms with Gasteiger partial charge in [0.1, 0.15) is 18.1 Å². The van der Waals surface area contributed by atoms with E-state index in [9.17, 15) is 9.59 Å². The maximum absolute atomic E-state index is 13.8. The third kappa shape index (κ3) is 5.24. The number of rotatable bonds is 9. The number of carbonyl (C=O) groups is 2. The van der Waals surface area contributed by atoms with Crippen molar-refractivity contribution in [3.8, 4) is 0 Å². The standard InChI is InChI=1S/C25H24ClN5O3/c1-34-16-15-27-25(33)24(18-11-13-19(26)14-12-18)31(20-7-3-2-4-8-20)23(32)17-30-22-10-6-5-9-21(22)28-29-30/h2-14,24H,15-17H2,1H3,(H,27,33). The number of amides is 2. The molecule has 1 heterocycles. The van der Waals surface area contributed by atoms with Crippen molar-refractivity contribution in [2.24, 2.45) is 0 Å². The number of carbonyl (C=O) groups excluding carboxylic acids is 2. The zero-order valence-corrected chi connectivity index (χ0v) is 19.4. The van der Waals surface area contributed by atoms with Gasteiger partial charge in [-0.3, -0.25) is 14.5 Å². The van der Waals surface area contributed by atoms with Crippen molar-refractivity contribution >= 4 is 40.1 Å². The molecule has 0 bridgehead atoms. The Bertz CT molecular complexity index is 1260. The highest BCUT2D eigenvalue weighted by Gasteiger charge is 2.33. The first kappa shape index (κ1) is 23.4. The Labute approximate surface area is 202 Å². The Morgan fingerprint density at radius 2 is 1.74 bits per heavy atom. The van der Waals surface area contributed by atoms with Crippen LogP contribution in [0.3, 0.4) is 0 Å². The highest BCUT2D eigenvalue weighted by molar-refractivity contribution is 6.30. The largest absolute Gasteiger partial charge is 0.383 e. The van der Waals surface area contributed by atoms with Crippen LogP contribution in [0, 0.1) is 0 Å². The van der Waals surface area contributed by atoms with Gasteiger partial charge >= 0.3 is 0 Å². The molecule has 8 nitrogen and oxygen atoms in total. The molecule has 0 saturated heterocycles. The number of hydrogen-bond donors (Lipinski definition) is 1. The lowest BCUT2D eigenvalue weighted by Crippen LogP contribution is -2.46. The normalized spacial score (nSPS) is 11.8. The fourth-order valence-corrected chi connectivity index (χ4v) is 3.83. The number of anilines is 1. The predicted molar refractivity (Wildman–Crippen MR) is 131 cm³/mol. The first-order valence-corrected chi connectivity index (χ1v) is 11.1. The van der Waals surface area contributed by atoms with E-state index in [-0.39, 0.29) is 18.4 Å². The minimum Gasteiger partial charge on any atom is -0.383 e. The predicted octanol–water partition coefficient (Wildman–Crippen LogP) is 3.62. The first-order valence-electron chi connectivity index (χ1n) is 10.8. The molecule has 4 rings (SSSR count). The first-order chi connectivity index (χ1) is 16.6. The van der Waals surface area contributed by atoms with E-state index in [2.05, 4.69) is 15.6 Å². The summed E-state index contributed by atoms with van der Waals surface area (Å²) in [6.45, 7) is 0.568. The van der Waals surface area contributed by atoms with Gasteiger partial charge in [0, 0.05) is 24.4 Å². The van der Waals surface area contributed by atoms with Gasteiger partial charge in [0.2, 0.25) is 11.8 Å². The number of ether oxygens (including phenoxy) is 1. The number of hydrogen-bond acceptors (Lipinski definition) is 5. The highest BCUT2D eigenvalue weighted by Crippen LogP contribution is 2.29. The molecule has 1 unspecified atom stereocenters. The summed E-state index contributed by atoms with van der Waals surface area (Å²) in [4.78, 5) is 28.7. The number of methoxy groups -OCH3 is 1. The van der Waals surface area contributed by atoms with Crippen LogP contribution in [-0.2, 0) is 20.9 Å². The molecule has 0 aliphatic rings. The number of fused-ring (bicyclic) bond motifs is 1. The summed E-state index contributed by atoms with van der Waals surface area (Å²) in [5.74, 6) is -0.649. The third-order valence-electron chi connectivity index (χ3n) is 5.31. The zero-order valence-electron chi connectivity index (χ0n) is 18.6. The molecule has 1 aromatic heterocycles. The minimum absolute atomic E-state index is 0.0924. The molecular weight excluding hydrogens is 454 g/mol. The molecule has 4 aromatic rings. The van der Waals surface area contributed by atoms with Gasteiger partial charge in [0.25, 0.3) is 0 Å². The Morgan fingerprint density at radius 1 is 1.03 bits per heavy atom. The van der Waals surface area contributed by atoms with Gasteiger partial charge < -0.3 is 10.1 Å². The number of para-hydroxylation sites is 2. The molecule has 0 fully saturated rings. The number of nitrogens with zero attached hydrogens (tertiary/aromatic N) is 4. The quantitative estimate of drug-likeness (QED) is 0.372. The summed E-state index contributed by atoms with van der Waals surface area (Å²) in [5.41, 5.74) is 2.63. The number of halogens is 1. The van der Waals surface area contributed by atoms with Gasteiger partial charge in [0.05, 0.1) is 12.1 Å². The second kappa shape index (κ2) is 10.9. The fourth-order valence-electron chi connectivity index (χ4n) is 3.70. The molecule has 0 aliphatic heterocycles. The fraction of sp³-hybridized carbons (Fsp3) is 0.200. The van der Waals surface area contributed by atoms with Gasteiger partial charge in [-0.1, -0.05) is 59.3 Å². The van der Waals surface area contributed by atoms with Gasteiger partial charge in [-0.05, 0) is 42.0 Å². The zero-order chi connectivity index (χ0) is 23.9. The lowest BCUT2D eigenvalue weighted by atomic mass is 10.0. The Morgan fingerprint density at radius 3 is 2.47 bits per heavy atom. The second-order valence-corrected chi connectivity index (χ2v) is 8.01. The molecule has 2 amide bonds. The lowest BCUT2D eigenvalue weighted by Gasteiger charge is -2.31. The van der Waals surface area contributed by atoms with E-state index in [0.717, 1.165) is 5.52 Å². The van der Waals surface area contributed by atoms with Crippen LogP contribution in [0.5, 0.6) is 0 Å². The van der Waals surface area contributed by atoms with Gasteiger partial charge in [-0.25, -0.2) is 4.68 Å². The molecule has 0 radical (unpaired) electrons. The molecule has 3 aromatic carbocycles. The van der Waals surface area contributed by atoms with E-state index < -0.39 is 6.04 Å². The van der Waals surface area contributed by atoms with E-state index in [1.807, 2.05) is 42.5 Å². The molecule has 9 heteroatoms. The molecule has 174 valence electrons. The van der Waals surface area contributed by atoms with Crippen LogP contribution < -0.4 is 10.2 Å². The molecule has 1 atom stereocenters.